The van der Waals surface area contributed by atoms with Gasteiger partial charge >= 0.3 is 0 Å². The summed E-state index contributed by atoms with van der Waals surface area (Å²) in [6.45, 7) is 6.42. The highest BCUT2D eigenvalue weighted by molar-refractivity contribution is 5.13. The van der Waals surface area contributed by atoms with Crippen molar-refractivity contribution in [2.75, 3.05) is 0 Å². The van der Waals surface area contributed by atoms with E-state index in [1.807, 2.05) is 6.92 Å². The van der Waals surface area contributed by atoms with Crippen LogP contribution in [0, 0.1) is 12.7 Å². The average Bonchev–Trinajstić information content (AvgIpc) is 2.24. The van der Waals surface area contributed by atoms with Crippen molar-refractivity contribution in [3.63, 3.8) is 0 Å². The molecule has 1 aromatic carbocycles. The van der Waals surface area contributed by atoms with Gasteiger partial charge in [0, 0.05) is 0 Å². The van der Waals surface area contributed by atoms with Gasteiger partial charge in [-0.25, -0.2) is 4.39 Å². The molecule has 0 heterocycles. The summed E-state index contributed by atoms with van der Waals surface area (Å²) in [5.74, 6) is -0.171. The fourth-order valence-electron chi connectivity index (χ4n) is 1.21. The van der Waals surface area contributed by atoms with Crippen LogP contribution in [0.15, 0.2) is 24.3 Å². The van der Waals surface area contributed by atoms with Gasteiger partial charge in [-0.1, -0.05) is 63.6 Å². The highest BCUT2D eigenvalue weighted by Gasteiger charge is 1.83. The largest absolute Gasteiger partial charge is 0.207 e. The molecule has 15 heavy (non-hydrogen) atoms. The van der Waals surface area contributed by atoms with Crippen molar-refractivity contribution in [3.05, 3.63) is 35.6 Å². The van der Waals surface area contributed by atoms with Crippen LogP contribution in [0.1, 0.15) is 51.5 Å². The van der Waals surface area contributed by atoms with Crippen molar-refractivity contribution < 1.29 is 4.39 Å². The Labute approximate surface area is 93.5 Å². The molecular formula is C14H23F. The zero-order chi connectivity index (χ0) is 11.5. The predicted octanol–water partition coefficient (Wildman–Crippen LogP) is 5.11. The molecule has 1 heteroatoms. The van der Waals surface area contributed by atoms with E-state index >= 15 is 0 Å². The summed E-state index contributed by atoms with van der Waals surface area (Å²) in [5.41, 5.74) is 1.09. The molecule has 0 aliphatic carbocycles. The summed E-state index contributed by atoms with van der Waals surface area (Å²) in [7, 11) is 0. The number of aryl methyl sites for hydroxylation is 1. The zero-order valence-corrected chi connectivity index (χ0v) is 10.2. The molecule has 0 saturated heterocycles. The third kappa shape index (κ3) is 9.45. The number of hydrogen-bond donors (Lipinski definition) is 0. The Morgan fingerprint density at radius 3 is 1.67 bits per heavy atom. The lowest BCUT2D eigenvalue weighted by molar-refractivity contribution is 0.627. The van der Waals surface area contributed by atoms with Crippen LogP contribution in [0.25, 0.3) is 0 Å². The number of hydrogen-bond acceptors (Lipinski definition) is 0. The number of unbranched alkanes of at least 4 members (excludes halogenated alkanes) is 4. The van der Waals surface area contributed by atoms with E-state index < -0.39 is 0 Å². The van der Waals surface area contributed by atoms with Crippen LogP contribution in [0.5, 0.6) is 0 Å². The van der Waals surface area contributed by atoms with Crippen molar-refractivity contribution in [2.45, 2.75) is 52.9 Å². The third-order valence-corrected chi connectivity index (χ3v) is 2.22. The van der Waals surface area contributed by atoms with Gasteiger partial charge in [0.25, 0.3) is 0 Å². The summed E-state index contributed by atoms with van der Waals surface area (Å²) in [5, 5.41) is 0. The highest BCUT2D eigenvalue weighted by Crippen LogP contribution is 2.00. The predicted molar refractivity (Wildman–Crippen MR) is 65.6 cm³/mol. The Morgan fingerprint density at radius 2 is 1.33 bits per heavy atom. The fourth-order valence-corrected chi connectivity index (χ4v) is 1.21. The second-order valence-corrected chi connectivity index (χ2v) is 3.86. The Bertz CT molecular complexity index is 201. The molecule has 0 fully saturated rings. The van der Waals surface area contributed by atoms with Crippen molar-refractivity contribution >= 4 is 0 Å². The van der Waals surface area contributed by atoms with Gasteiger partial charge in [-0.15, -0.1) is 0 Å². The second-order valence-electron chi connectivity index (χ2n) is 3.86. The molecule has 1 aromatic rings. The topological polar surface area (TPSA) is 0 Å². The summed E-state index contributed by atoms with van der Waals surface area (Å²) >= 11 is 0. The summed E-state index contributed by atoms with van der Waals surface area (Å²) < 4.78 is 12.1. The third-order valence-electron chi connectivity index (χ3n) is 2.22. The summed E-state index contributed by atoms with van der Waals surface area (Å²) in [4.78, 5) is 0. The molecule has 0 N–H and O–H groups in total. The lowest BCUT2D eigenvalue weighted by Gasteiger charge is -1.90. The molecular weight excluding hydrogens is 187 g/mol. The highest BCUT2D eigenvalue weighted by atomic mass is 19.1. The van der Waals surface area contributed by atoms with Gasteiger partial charge in [-0.3, -0.25) is 0 Å². The van der Waals surface area contributed by atoms with Gasteiger partial charge in [0.15, 0.2) is 0 Å². The number of benzene rings is 1. The minimum atomic E-state index is -0.171. The van der Waals surface area contributed by atoms with E-state index in [1.54, 1.807) is 12.1 Å². The lowest BCUT2D eigenvalue weighted by atomic mass is 10.2. The molecule has 0 bridgehead atoms. The Balaban J connectivity index is 0.000000265. The minimum absolute atomic E-state index is 0.171. The van der Waals surface area contributed by atoms with Gasteiger partial charge in [-0.05, 0) is 19.1 Å². The van der Waals surface area contributed by atoms with Crippen LogP contribution in [0.3, 0.4) is 0 Å². The van der Waals surface area contributed by atoms with E-state index in [0.29, 0.717) is 0 Å². The first-order valence-corrected chi connectivity index (χ1v) is 5.92. The Morgan fingerprint density at radius 1 is 0.867 bits per heavy atom. The fraction of sp³-hybridized carbons (Fsp3) is 0.571. The van der Waals surface area contributed by atoms with Gasteiger partial charge in [0.05, 0.1) is 0 Å². The molecule has 0 atom stereocenters. The van der Waals surface area contributed by atoms with Crippen molar-refractivity contribution in [2.24, 2.45) is 0 Å². The maximum absolute atomic E-state index is 12.1. The van der Waals surface area contributed by atoms with Crippen molar-refractivity contribution in [1.82, 2.24) is 0 Å². The van der Waals surface area contributed by atoms with Gasteiger partial charge in [-0.2, -0.15) is 0 Å². The number of halogens is 1. The number of rotatable bonds is 4. The zero-order valence-electron chi connectivity index (χ0n) is 10.2. The molecule has 0 amide bonds. The van der Waals surface area contributed by atoms with Crippen molar-refractivity contribution in [1.29, 1.82) is 0 Å². The maximum atomic E-state index is 12.1. The van der Waals surface area contributed by atoms with Crippen LogP contribution >= 0.6 is 0 Å². The second kappa shape index (κ2) is 9.70. The first-order chi connectivity index (χ1) is 7.20. The molecule has 1 rings (SSSR count). The summed E-state index contributed by atoms with van der Waals surface area (Å²) in [6, 6.07) is 6.40. The smallest absolute Gasteiger partial charge is 0.123 e. The monoisotopic (exact) mass is 210 g/mol. The molecule has 0 aromatic heterocycles. The van der Waals surface area contributed by atoms with Crippen LogP contribution in [-0.2, 0) is 0 Å². The Kier molecular flexibility index (Phi) is 9.15. The quantitative estimate of drug-likeness (QED) is 0.606. The van der Waals surface area contributed by atoms with Crippen LogP contribution < -0.4 is 0 Å². The molecule has 0 spiro atoms. The molecule has 0 nitrogen and oxygen atoms in total. The van der Waals surface area contributed by atoms with E-state index in [2.05, 4.69) is 13.8 Å². The van der Waals surface area contributed by atoms with E-state index in [4.69, 9.17) is 0 Å². The lowest BCUT2D eigenvalue weighted by Crippen LogP contribution is -1.71. The SMILES string of the molecule is CCCCCCC.Cc1ccc(F)cc1. The van der Waals surface area contributed by atoms with Crippen molar-refractivity contribution in [3.8, 4) is 0 Å². The Hall–Kier alpha value is -0.850. The van der Waals surface area contributed by atoms with Gasteiger partial charge < -0.3 is 0 Å². The van der Waals surface area contributed by atoms with E-state index in [1.165, 1.54) is 44.2 Å². The molecule has 0 saturated carbocycles. The van der Waals surface area contributed by atoms with Gasteiger partial charge in [0.1, 0.15) is 5.82 Å². The van der Waals surface area contributed by atoms with Crippen LogP contribution in [0.4, 0.5) is 4.39 Å². The molecule has 86 valence electrons. The van der Waals surface area contributed by atoms with Gasteiger partial charge in [0.2, 0.25) is 0 Å². The molecule has 0 aliphatic heterocycles. The first-order valence-electron chi connectivity index (χ1n) is 5.92. The van der Waals surface area contributed by atoms with Crippen LogP contribution in [-0.4, -0.2) is 0 Å². The standard InChI is InChI=1S/C7H7F.C7H16/c1-6-2-4-7(8)5-3-6;1-3-5-7-6-4-2/h2-5H,1H3;3-7H2,1-2H3. The average molecular weight is 210 g/mol. The summed E-state index contributed by atoms with van der Waals surface area (Å²) in [6.07, 6.45) is 7.01. The maximum Gasteiger partial charge on any atom is 0.123 e. The first kappa shape index (κ1) is 14.2. The van der Waals surface area contributed by atoms with E-state index in [0.717, 1.165) is 5.56 Å². The van der Waals surface area contributed by atoms with E-state index in [-0.39, 0.29) is 5.82 Å². The minimum Gasteiger partial charge on any atom is -0.207 e. The molecule has 0 radical (unpaired) electrons. The normalized spacial score (nSPS) is 9.33. The van der Waals surface area contributed by atoms with E-state index in [9.17, 15) is 4.39 Å². The molecule has 0 unspecified atom stereocenters. The molecule has 0 aliphatic rings. The van der Waals surface area contributed by atoms with Crippen LogP contribution in [0.2, 0.25) is 0 Å².